The number of rotatable bonds is 6. The first-order valence-electron chi connectivity index (χ1n) is 7.78. The summed E-state index contributed by atoms with van der Waals surface area (Å²) < 4.78 is 13.3. The summed E-state index contributed by atoms with van der Waals surface area (Å²) >= 11 is 0. The lowest BCUT2D eigenvalue weighted by atomic mass is 9.95. The van der Waals surface area contributed by atoms with Crippen LogP contribution < -0.4 is 5.32 Å². The van der Waals surface area contributed by atoms with Crippen molar-refractivity contribution < 1.29 is 4.39 Å². The van der Waals surface area contributed by atoms with Crippen molar-refractivity contribution in [1.82, 2.24) is 4.98 Å². The highest BCUT2D eigenvalue weighted by Crippen LogP contribution is 2.26. The van der Waals surface area contributed by atoms with Crippen molar-refractivity contribution in [2.75, 3.05) is 11.9 Å². The molecule has 0 amide bonds. The van der Waals surface area contributed by atoms with Crippen LogP contribution in [0.1, 0.15) is 43.4 Å². The Balaban J connectivity index is 2.21. The first-order chi connectivity index (χ1) is 10.7. The fraction of sp³-hybridized carbons (Fsp3) is 0.316. The normalized spacial score (nSPS) is 11.5. The first kappa shape index (κ1) is 16.2. The summed E-state index contributed by atoms with van der Waals surface area (Å²) in [6.45, 7) is 7.03. The quantitative estimate of drug-likeness (QED) is 0.742. The lowest BCUT2D eigenvalue weighted by Crippen LogP contribution is -2.03. The number of unbranched alkanes of at least 4 members (excludes halogenated alkanes) is 1. The van der Waals surface area contributed by atoms with Crippen LogP contribution in [0.5, 0.6) is 0 Å². The van der Waals surface area contributed by atoms with Crippen LogP contribution >= 0.6 is 0 Å². The molecule has 0 radical (unpaired) electrons. The molecule has 116 valence electrons. The van der Waals surface area contributed by atoms with Crippen molar-refractivity contribution in [3.8, 4) is 0 Å². The van der Waals surface area contributed by atoms with Crippen molar-refractivity contribution in [2.24, 2.45) is 0 Å². The van der Waals surface area contributed by atoms with Crippen molar-refractivity contribution in [3.05, 3.63) is 65.1 Å². The van der Waals surface area contributed by atoms with E-state index < -0.39 is 0 Å². The van der Waals surface area contributed by atoms with E-state index in [1.165, 1.54) is 6.07 Å². The van der Waals surface area contributed by atoms with Gasteiger partial charge in [0.15, 0.2) is 0 Å². The lowest BCUT2D eigenvalue weighted by Gasteiger charge is -2.12. The third-order valence-corrected chi connectivity index (χ3v) is 3.68. The number of hydrogen-bond donors (Lipinski definition) is 1. The smallest absolute Gasteiger partial charge is 0.125 e. The molecule has 0 unspecified atom stereocenters. The number of aromatic nitrogens is 1. The number of halogens is 1. The van der Waals surface area contributed by atoms with Gasteiger partial charge in [0.25, 0.3) is 0 Å². The van der Waals surface area contributed by atoms with Crippen molar-refractivity contribution >= 4 is 11.4 Å². The van der Waals surface area contributed by atoms with E-state index in [1.54, 1.807) is 6.07 Å². The molecule has 0 atom stereocenters. The van der Waals surface area contributed by atoms with Crippen LogP contribution in [-0.4, -0.2) is 11.5 Å². The summed E-state index contributed by atoms with van der Waals surface area (Å²) in [4.78, 5) is 4.47. The molecule has 2 rings (SSSR count). The Morgan fingerprint density at radius 1 is 1.27 bits per heavy atom. The monoisotopic (exact) mass is 298 g/mol. The molecule has 1 aromatic heterocycles. The predicted molar refractivity (Wildman–Crippen MR) is 91.5 cm³/mol. The third kappa shape index (κ3) is 3.94. The molecule has 1 N–H and O–H groups in total. The van der Waals surface area contributed by atoms with E-state index >= 15 is 0 Å². The van der Waals surface area contributed by atoms with Gasteiger partial charge in [0.05, 0.1) is 0 Å². The second kappa shape index (κ2) is 7.74. The molecule has 22 heavy (non-hydrogen) atoms. The predicted octanol–water partition coefficient (Wildman–Crippen LogP) is 5.19. The van der Waals surface area contributed by atoms with Crippen molar-refractivity contribution in [3.63, 3.8) is 0 Å². The molecule has 0 aliphatic rings. The first-order valence-corrected chi connectivity index (χ1v) is 7.78. The average Bonchev–Trinajstić information content (AvgIpc) is 2.52. The Labute approximate surface area is 132 Å². The highest BCUT2D eigenvalue weighted by molar-refractivity contribution is 5.81. The summed E-state index contributed by atoms with van der Waals surface area (Å²) in [5.74, 6) is 0.689. The van der Waals surface area contributed by atoms with Crippen LogP contribution in [0.4, 0.5) is 10.2 Å². The molecule has 0 bridgehead atoms. The Morgan fingerprint density at radius 2 is 2.09 bits per heavy atom. The summed E-state index contributed by atoms with van der Waals surface area (Å²) in [6, 6.07) is 8.94. The molecule has 0 fully saturated rings. The molecule has 2 aromatic rings. The molecule has 0 aliphatic heterocycles. The fourth-order valence-electron chi connectivity index (χ4n) is 2.46. The SMILES string of the molecule is C/C=C(/c1ccc(NCCCC)nc1)c1ccc(F)cc1C. The van der Waals surface area contributed by atoms with Gasteiger partial charge in [-0.05, 0) is 61.2 Å². The molecule has 3 heteroatoms. The lowest BCUT2D eigenvalue weighted by molar-refractivity contribution is 0.626. The minimum Gasteiger partial charge on any atom is -0.370 e. The van der Waals surface area contributed by atoms with Crippen LogP contribution in [0.2, 0.25) is 0 Å². The van der Waals surface area contributed by atoms with E-state index in [0.717, 1.165) is 47.5 Å². The van der Waals surface area contributed by atoms with Crippen molar-refractivity contribution in [1.29, 1.82) is 0 Å². The Bertz CT molecular complexity index is 645. The molecule has 1 heterocycles. The van der Waals surface area contributed by atoms with E-state index in [-0.39, 0.29) is 5.82 Å². The summed E-state index contributed by atoms with van der Waals surface area (Å²) in [7, 11) is 0. The minimum absolute atomic E-state index is 0.203. The number of aryl methyl sites for hydroxylation is 1. The van der Waals surface area contributed by atoms with Crippen LogP contribution in [0.15, 0.2) is 42.6 Å². The number of hydrogen-bond acceptors (Lipinski definition) is 2. The fourth-order valence-corrected chi connectivity index (χ4v) is 2.46. The van der Waals surface area contributed by atoms with Crippen LogP contribution in [-0.2, 0) is 0 Å². The van der Waals surface area contributed by atoms with E-state index in [9.17, 15) is 4.39 Å². The highest BCUT2D eigenvalue weighted by atomic mass is 19.1. The number of nitrogens with zero attached hydrogens (tertiary/aromatic N) is 1. The number of nitrogens with one attached hydrogen (secondary N) is 1. The maximum Gasteiger partial charge on any atom is 0.125 e. The van der Waals surface area contributed by atoms with E-state index in [4.69, 9.17) is 0 Å². The van der Waals surface area contributed by atoms with Gasteiger partial charge >= 0.3 is 0 Å². The van der Waals surface area contributed by atoms with Gasteiger partial charge in [0.2, 0.25) is 0 Å². The van der Waals surface area contributed by atoms with Crippen LogP contribution in [0, 0.1) is 12.7 Å². The van der Waals surface area contributed by atoms with Crippen LogP contribution in [0.3, 0.4) is 0 Å². The van der Waals surface area contributed by atoms with Gasteiger partial charge in [-0.25, -0.2) is 9.37 Å². The third-order valence-electron chi connectivity index (χ3n) is 3.68. The van der Waals surface area contributed by atoms with E-state index in [0.29, 0.717) is 0 Å². The van der Waals surface area contributed by atoms with Gasteiger partial charge in [0, 0.05) is 18.3 Å². The number of allylic oxidation sites excluding steroid dienone is 1. The highest BCUT2D eigenvalue weighted by Gasteiger charge is 2.08. The molecule has 0 spiro atoms. The van der Waals surface area contributed by atoms with Gasteiger partial charge in [0.1, 0.15) is 11.6 Å². The van der Waals surface area contributed by atoms with Gasteiger partial charge < -0.3 is 5.32 Å². The summed E-state index contributed by atoms with van der Waals surface area (Å²) in [6.07, 6.45) is 6.21. The zero-order valence-electron chi connectivity index (χ0n) is 13.5. The average molecular weight is 298 g/mol. The zero-order chi connectivity index (χ0) is 15.9. The molecule has 2 nitrogen and oxygen atoms in total. The van der Waals surface area contributed by atoms with E-state index in [1.807, 2.05) is 38.3 Å². The molecular weight excluding hydrogens is 275 g/mol. The second-order valence-corrected chi connectivity index (χ2v) is 5.37. The minimum atomic E-state index is -0.203. The van der Waals surface area contributed by atoms with Gasteiger partial charge in [-0.3, -0.25) is 0 Å². The van der Waals surface area contributed by atoms with Gasteiger partial charge in [-0.1, -0.05) is 25.5 Å². The molecule has 0 saturated carbocycles. The Kier molecular flexibility index (Phi) is 5.70. The van der Waals surface area contributed by atoms with Gasteiger partial charge in [-0.15, -0.1) is 0 Å². The molecule has 0 aliphatic carbocycles. The Hall–Kier alpha value is -2.16. The van der Waals surface area contributed by atoms with E-state index in [2.05, 4.69) is 23.3 Å². The standard InChI is InChI=1S/C19H23FN2/c1-4-6-11-21-19-10-7-15(13-22-19)17(5-2)18-9-8-16(20)12-14(18)3/h5,7-10,12-13H,4,6,11H2,1-3H3,(H,21,22)/b17-5-. The van der Waals surface area contributed by atoms with Gasteiger partial charge in [-0.2, -0.15) is 0 Å². The number of anilines is 1. The maximum atomic E-state index is 13.3. The molecule has 0 saturated heterocycles. The number of benzene rings is 1. The summed E-state index contributed by atoms with van der Waals surface area (Å²) in [5, 5.41) is 3.31. The van der Waals surface area contributed by atoms with Crippen molar-refractivity contribution in [2.45, 2.75) is 33.6 Å². The summed E-state index contributed by atoms with van der Waals surface area (Å²) in [5.41, 5.74) is 4.08. The maximum absolute atomic E-state index is 13.3. The largest absolute Gasteiger partial charge is 0.370 e. The molecular formula is C19H23FN2. The Morgan fingerprint density at radius 3 is 2.68 bits per heavy atom. The van der Waals surface area contributed by atoms with Crippen LogP contribution in [0.25, 0.3) is 5.57 Å². The number of pyridine rings is 1. The second-order valence-electron chi connectivity index (χ2n) is 5.37. The zero-order valence-corrected chi connectivity index (χ0v) is 13.5. The topological polar surface area (TPSA) is 24.9 Å². The molecule has 1 aromatic carbocycles.